The summed E-state index contributed by atoms with van der Waals surface area (Å²) in [6.45, 7) is 4.93. The zero-order valence-corrected chi connectivity index (χ0v) is 13.0. The number of likely N-dealkylation sites (tertiary alicyclic amines) is 1. The van der Waals surface area contributed by atoms with Crippen molar-refractivity contribution in [3.63, 3.8) is 0 Å². The number of rotatable bonds is 1. The van der Waals surface area contributed by atoms with Crippen LogP contribution in [0.25, 0.3) is 0 Å². The number of nitrogens with zero attached hydrogens (tertiary/aromatic N) is 1. The smallest absolute Gasteiger partial charge is 0.417 e. The summed E-state index contributed by atoms with van der Waals surface area (Å²) in [4.78, 5) is 48.8. The molecule has 0 aromatic rings. The van der Waals surface area contributed by atoms with Gasteiger partial charge in [-0.1, -0.05) is 0 Å². The zero-order valence-electron chi connectivity index (χ0n) is 13.0. The fourth-order valence-electron chi connectivity index (χ4n) is 2.62. The molecule has 122 valence electrons. The van der Waals surface area contributed by atoms with E-state index in [2.05, 4.69) is 4.74 Å². The van der Waals surface area contributed by atoms with Crippen molar-refractivity contribution in [1.29, 1.82) is 0 Å². The number of carbonyl (C=O) groups is 4. The minimum Gasteiger partial charge on any atom is -0.467 e. The number of ether oxygens (including phenoxy) is 3. The molecule has 0 aromatic heterocycles. The van der Waals surface area contributed by atoms with Gasteiger partial charge in [0.05, 0.1) is 7.11 Å². The van der Waals surface area contributed by atoms with Crippen LogP contribution in [0.5, 0.6) is 0 Å². The number of hydrogen-bond acceptors (Lipinski definition) is 7. The van der Waals surface area contributed by atoms with Gasteiger partial charge in [-0.3, -0.25) is 9.59 Å². The Kier molecular flexibility index (Phi) is 3.88. The second-order valence-corrected chi connectivity index (χ2v) is 6.37. The minimum atomic E-state index is -1.47. The van der Waals surface area contributed by atoms with E-state index >= 15 is 0 Å². The van der Waals surface area contributed by atoms with Crippen LogP contribution in [0.1, 0.15) is 40.0 Å². The number of esters is 2. The van der Waals surface area contributed by atoms with Crippen molar-refractivity contribution in [3.8, 4) is 0 Å². The Morgan fingerprint density at radius 2 is 1.95 bits per heavy atom. The molecule has 0 saturated carbocycles. The molecule has 8 heteroatoms. The van der Waals surface area contributed by atoms with Gasteiger partial charge in [0.15, 0.2) is 5.60 Å². The number of hydrogen-bond donors (Lipinski definition) is 0. The SMILES string of the molecule is COC(=O)[C@@H]1C[C@]2(CCC(=O)O2)C(=O)N1C(=O)OC(C)(C)C. The van der Waals surface area contributed by atoms with Gasteiger partial charge >= 0.3 is 18.0 Å². The molecule has 2 fully saturated rings. The molecule has 0 bridgehead atoms. The summed E-state index contributed by atoms with van der Waals surface area (Å²) in [5.74, 6) is -2.01. The highest BCUT2D eigenvalue weighted by Gasteiger charge is 2.62. The van der Waals surface area contributed by atoms with E-state index in [1.807, 2.05) is 0 Å². The lowest BCUT2D eigenvalue weighted by Crippen LogP contribution is -2.48. The maximum Gasteiger partial charge on any atom is 0.417 e. The third kappa shape index (κ3) is 2.77. The first kappa shape index (κ1) is 16.3. The minimum absolute atomic E-state index is 0.0712. The van der Waals surface area contributed by atoms with Gasteiger partial charge in [-0.25, -0.2) is 14.5 Å². The summed E-state index contributed by atoms with van der Waals surface area (Å²) in [7, 11) is 1.16. The fourth-order valence-corrected chi connectivity index (χ4v) is 2.62. The third-order valence-corrected chi connectivity index (χ3v) is 3.55. The quantitative estimate of drug-likeness (QED) is 0.520. The van der Waals surface area contributed by atoms with E-state index in [0.29, 0.717) is 4.90 Å². The summed E-state index contributed by atoms with van der Waals surface area (Å²) in [5, 5.41) is 0. The standard InChI is InChI=1S/C14H19NO7/c1-13(2,3)22-12(19)15-8(10(17)20-4)7-14(11(15)18)6-5-9(16)21-14/h8H,5-7H2,1-4H3/t8-,14+/m0/s1. The lowest BCUT2D eigenvalue weighted by atomic mass is 9.96. The molecule has 2 aliphatic heterocycles. The van der Waals surface area contributed by atoms with Gasteiger partial charge in [0.25, 0.3) is 5.91 Å². The molecule has 0 unspecified atom stereocenters. The molecule has 2 saturated heterocycles. The van der Waals surface area contributed by atoms with Crippen molar-refractivity contribution in [2.45, 2.75) is 57.3 Å². The predicted octanol–water partition coefficient (Wildman–Crippen LogP) is 0.771. The molecule has 8 nitrogen and oxygen atoms in total. The molecular weight excluding hydrogens is 294 g/mol. The summed E-state index contributed by atoms with van der Waals surface area (Å²) < 4.78 is 14.9. The van der Waals surface area contributed by atoms with Crippen LogP contribution in [0.3, 0.4) is 0 Å². The molecule has 0 N–H and O–H groups in total. The van der Waals surface area contributed by atoms with E-state index in [1.54, 1.807) is 20.8 Å². The van der Waals surface area contributed by atoms with Crippen LogP contribution >= 0.6 is 0 Å². The largest absolute Gasteiger partial charge is 0.467 e. The molecule has 1 spiro atoms. The van der Waals surface area contributed by atoms with Crippen molar-refractivity contribution < 1.29 is 33.4 Å². The topological polar surface area (TPSA) is 99.2 Å². The van der Waals surface area contributed by atoms with Crippen LogP contribution in [0, 0.1) is 0 Å². The van der Waals surface area contributed by atoms with E-state index in [0.717, 1.165) is 7.11 Å². The van der Waals surface area contributed by atoms with Crippen LogP contribution in [-0.4, -0.2) is 53.2 Å². The monoisotopic (exact) mass is 313 g/mol. The summed E-state index contributed by atoms with van der Waals surface area (Å²) in [6.07, 6.45) is -0.851. The molecule has 2 rings (SSSR count). The van der Waals surface area contributed by atoms with Crippen LogP contribution < -0.4 is 0 Å². The van der Waals surface area contributed by atoms with Crippen LogP contribution in [0.4, 0.5) is 4.79 Å². The second-order valence-electron chi connectivity index (χ2n) is 6.37. The average Bonchev–Trinajstić information content (AvgIpc) is 2.89. The number of carbonyl (C=O) groups excluding carboxylic acids is 4. The summed E-state index contributed by atoms with van der Waals surface area (Å²) in [6, 6.07) is -1.15. The second kappa shape index (κ2) is 5.26. The van der Waals surface area contributed by atoms with Gasteiger partial charge in [0.1, 0.15) is 11.6 Å². The van der Waals surface area contributed by atoms with Crippen molar-refractivity contribution in [2.24, 2.45) is 0 Å². The molecule has 2 atom stereocenters. The lowest BCUT2D eigenvalue weighted by molar-refractivity contribution is -0.158. The first-order valence-corrected chi connectivity index (χ1v) is 6.96. The predicted molar refractivity (Wildman–Crippen MR) is 71.6 cm³/mol. The van der Waals surface area contributed by atoms with Gasteiger partial charge in [-0.05, 0) is 20.8 Å². The normalized spacial score (nSPS) is 28.0. The highest BCUT2D eigenvalue weighted by molar-refractivity contribution is 6.05. The molecule has 0 aromatic carbocycles. The first-order valence-electron chi connectivity index (χ1n) is 6.96. The molecule has 2 amide bonds. The van der Waals surface area contributed by atoms with Crippen molar-refractivity contribution in [3.05, 3.63) is 0 Å². The van der Waals surface area contributed by atoms with Crippen LogP contribution in [0.2, 0.25) is 0 Å². The van der Waals surface area contributed by atoms with Crippen molar-refractivity contribution in [1.82, 2.24) is 4.90 Å². The Hall–Kier alpha value is -2.12. The molecule has 2 aliphatic rings. The van der Waals surface area contributed by atoms with Crippen LogP contribution in [0.15, 0.2) is 0 Å². The Labute approximate surface area is 127 Å². The Morgan fingerprint density at radius 3 is 2.41 bits per heavy atom. The molecular formula is C14H19NO7. The van der Waals surface area contributed by atoms with Gasteiger partial charge in [0.2, 0.25) is 0 Å². The molecule has 0 aliphatic carbocycles. The maximum atomic E-state index is 12.6. The molecule has 0 radical (unpaired) electrons. The number of imide groups is 1. The van der Waals surface area contributed by atoms with Gasteiger partial charge < -0.3 is 14.2 Å². The van der Waals surface area contributed by atoms with E-state index in [4.69, 9.17) is 9.47 Å². The Balaban J connectivity index is 2.32. The molecule has 22 heavy (non-hydrogen) atoms. The van der Waals surface area contributed by atoms with E-state index in [-0.39, 0.29) is 19.3 Å². The zero-order chi connectivity index (χ0) is 16.7. The Morgan fingerprint density at radius 1 is 1.32 bits per heavy atom. The average molecular weight is 313 g/mol. The van der Waals surface area contributed by atoms with E-state index in [9.17, 15) is 19.2 Å². The highest BCUT2D eigenvalue weighted by atomic mass is 16.6. The van der Waals surface area contributed by atoms with Crippen LogP contribution in [-0.2, 0) is 28.6 Å². The molecule has 2 heterocycles. The Bertz CT molecular complexity index is 536. The van der Waals surface area contributed by atoms with E-state index in [1.165, 1.54) is 0 Å². The van der Waals surface area contributed by atoms with Gasteiger partial charge in [0, 0.05) is 19.3 Å². The van der Waals surface area contributed by atoms with Gasteiger partial charge in [-0.2, -0.15) is 0 Å². The third-order valence-electron chi connectivity index (χ3n) is 3.55. The maximum absolute atomic E-state index is 12.6. The summed E-state index contributed by atoms with van der Waals surface area (Å²) in [5.41, 5.74) is -2.30. The number of methoxy groups -OCH3 is 1. The first-order chi connectivity index (χ1) is 10.1. The van der Waals surface area contributed by atoms with E-state index < -0.39 is 41.2 Å². The number of amides is 2. The van der Waals surface area contributed by atoms with Gasteiger partial charge in [-0.15, -0.1) is 0 Å². The fraction of sp³-hybridized carbons (Fsp3) is 0.714. The highest BCUT2D eigenvalue weighted by Crippen LogP contribution is 2.40. The van der Waals surface area contributed by atoms with Crippen molar-refractivity contribution in [2.75, 3.05) is 7.11 Å². The summed E-state index contributed by atoms with van der Waals surface area (Å²) >= 11 is 0. The lowest BCUT2D eigenvalue weighted by Gasteiger charge is -2.26. The van der Waals surface area contributed by atoms with Crippen molar-refractivity contribution >= 4 is 23.9 Å².